The lowest BCUT2D eigenvalue weighted by atomic mass is 9.99. The Labute approximate surface area is 147 Å². The summed E-state index contributed by atoms with van der Waals surface area (Å²) in [4.78, 5) is 8.57. The van der Waals surface area contributed by atoms with E-state index >= 15 is 0 Å². The van der Waals surface area contributed by atoms with E-state index in [4.69, 9.17) is 11.5 Å². The minimum Gasteiger partial charge on any atom is -0.383 e. The zero-order valence-corrected chi connectivity index (χ0v) is 14.3. The molecule has 5 rings (SSSR count). The van der Waals surface area contributed by atoms with E-state index in [-0.39, 0.29) is 5.95 Å². The Hall–Kier alpha value is -3.12. The first kappa shape index (κ1) is 14.2. The molecule has 0 spiro atoms. The van der Waals surface area contributed by atoms with Crippen molar-refractivity contribution in [2.45, 2.75) is 0 Å². The number of benzene rings is 2. The molecule has 3 aromatic heterocycles. The second kappa shape index (κ2) is 4.94. The average molecular weight is 345 g/mol. The van der Waals surface area contributed by atoms with Crippen LogP contribution in [0, 0.1) is 0 Å². The largest absolute Gasteiger partial charge is 0.383 e. The molecule has 2 aromatic carbocycles. The maximum Gasteiger partial charge on any atom is 0.222 e. The number of fused-ring (bicyclic) bond motifs is 4. The molecule has 6 heteroatoms. The SMILES string of the molecule is Cn1ccc2c3c(N)nc(N)nc3cc(-c3cccc4ccsc34)c21. The van der Waals surface area contributed by atoms with Gasteiger partial charge < -0.3 is 16.0 Å². The summed E-state index contributed by atoms with van der Waals surface area (Å²) in [6, 6.07) is 12.7. The van der Waals surface area contributed by atoms with Gasteiger partial charge in [0.15, 0.2) is 0 Å². The van der Waals surface area contributed by atoms with Gasteiger partial charge in [0.1, 0.15) is 5.82 Å². The van der Waals surface area contributed by atoms with E-state index in [1.807, 2.05) is 13.2 Å². The first-order valence-corrected chi connectivity index (χ1v) is 8.79. The van der Waals surface area contributed by atoms with Crippen LogP contribution < -0.4 is 11.5 Å². The molecule has 0 saturated carbocycles. The van der Waals surface area contributed by atoms with Crippen molar-refractivity contribution < 1.29 is 0 Å². The summed E-state index contributed by atoms with van der Waals surface area (Å²) in [7, 11) is 2.04. The molecule has 0 aliphatic heterocycles. The fraction of sp³-hybridized carbons (Fsp3) is 0.0526. The highest BCUT2D eigenvalue weighted by atomic mass is 32.1. The van der Waals surface area contributed by atoms with Gasteiger partial charge in [0, 0.05) is 34.5 Å². The lowest BCUT2D eigenvalue weighted by molar-refractivity contribution is 0.970. The molecular weight excluding hydrogens is 330 g/mol. The standard InChI is InChI=1S/C19H15N5S/c1-24-7-5-12-15-14(22-19(21)23-18(15)20)9-13(16(12)24)11-4-2-3-10-6-8-25-17(10)11/h2-9H,1H3,(H4,20,21,22,23). The predicted molar refractivity (Wildman–Crippen MR) is 106 cm³/mol. The van der Waals surface area contributed by atoms with Crippen molar-refractivity contribution in [2.24, 2.45) is 7.05 Å². The molecule has 0 fully saturated rings. The van der Waals surface area contributed by atoms with Gasteiger partial charge in [-0.25, -0.2) is 4.98 Å². The van der Waals surface area contributed by atoms with E-state index in [9.17, 15) is 0 Å². The summed E-state index contributed by atoms with van der Waals surface area (Å²) >= 11 is 1.75. The topological polar surface area (TPSA) is 82.8 Å². The molecule has 5 nitrogen and oxygen atoms in total. The summed E-state index contributed by atoms with van der Waals surface area (Å²) in [5, 5.41) is 5.26. The van der Waals surface area contributed by atoms with Gasteiger partial charge in [-0.05, 0) is 29.0 Å². The van der Waals surface area contributed by atoms with Crippen LogP contribution in [0.1, 0.15) is 0 Å². The average Bonchev–Trinajstić information content (AvgIpc) is 3.20. The number of aryl methyl sites for hydroxylation is 1. The summed E-state index contributed by atoms with van der Waals surface area (Å²) in [5.74, 6) is 0.611. The maximum absolute atomic E-state index is 6.16. The van der Waals surface area contributed by atoms with Crippen molar-refractivity contribution in [1.82, 2.24) is 14.5 Å². The molecule has 0 radical (unpaired) electrons. The highest BCUT2D eigenvalue weighted by Crippen LogP contribution is 2.40. The quantitative estimate of drug-likeness (QED) is 0.478. The number of hydrogen-bond acceptors (Lipinski definition) is 5. The number of aromatic nitrogens is 3. The molecule has 5 aromatic rings. The van der Waals surface area contributed by atoms with Crippen LogP contribution in [0.2, 0.25) is 0 Å². The Morgan fingerprint density at radius 1 is 1.04 bits per heavy atom. The Bertz CT molecular complexity index is 1280. The minimum absolute atomic E-state index is 0.195. The van der Waals surface area contributed by atoms with Crippen LogP contribution in [0.3, 0.4) is 0 Å². The van der Waals surface area contributed by atoms with Crippen LogP contribution in [0.15, 0.2) is 48.0 Å². The molecule has 0 atom stereocenters. The van der Waals surface area contributed by atoms with Crippen LogP contribution in [0.4, 0.5) is 11.8 Å². The number of hydrogen-bond donors (Lipinski definition) is 2. The van der Waals surface area contributed by atoms with Crippen molar-refractivity contribution in [2.75, 3.05) is 11.5 Å². The molecular formula is C19H15N5S. The van der Waals surface area contributed by atoms with Crippen LogP contribution in [-0.2, 0) is 7.05 Å². The molecule has 0 saturated heterocycles. The van der Waals surface area contributed by atoms with Crippen molar-refractivity contribution in [3.63, 3.8) is 0 Å². The molecule has 25 heavy (non-hydrogen) atoms. The molecule has 3 heterocycles. The predicted octanol–water partition coefficient (Wildman–Crippen LogP) is 4.17. The normalized spacial score (nSPS) is 11.7. The van der Waals surface area contributed by atoms with Crippen molar-refractivity contribution in [3.8, 4) is 11.1 Å². The molecule has 4 N–H and O–H groups in total. The minimum atomic E-state index is 0.195. The number of nitrogen functional groups attached to an aromatic ring is 2. The summed E-state index contributed by atoms with van der Waals surface area (Å²) in [6.07, 6.45) is 2.04. The zero-order valence-electron chi connectivity index (χ0n) is 13.5. The number of nitrogens with two attached hydrogens (primary N) is 2. The van der Waals surface area contributed by atoms with Gasteiger partial charge in [-0.15, -0.1) is 11.3 Å². The van der Waals surface area contributed by atoms with Crippen molar-refractivity contribution in [3.05, 3.63) is 48.0 Å². The van der Waals surface area contributed by atoms with Gasteiger partial charge in [-0.1, -0.05) is 18.2 Å². The smallest absolute Gasteiger partial charge is 0.222 e. The van der Waals surface area contributed by atoms with Gasteiger partial charge in [0.25, 0.3) is 0 Å². The van der Waals surface area contributed by atoms with E-state index < -0.39 is 0 Å². The third kappa shape index (κ3) is 1.94. The number of thiophene rings is 1. The van der Waals surface area contributed by atoms with E-state index in [1.165, 1.54) is 15.6 Å². The van der Waals surface area contributed by atoms with Crippen LogP contribution >= 0.6 is 11.3 Å². The van der Waals surface area contributed by atoms with Gasteiger partial charge >= 0.3 is 0 Å². The van der Waals surface area contributed by atoms with Crippen LogP contribution in [-0.4, -0.2) is 14.5 Å². The number of rotatable bonds is 1. The number of anilines is 2. The van der Waals surface area contributed by atoms with Gasteiger partial charge in [0.05, 0.1) is 16.4 Å². The van der Waals surface area contributed by atoms with Crippen LogP contribution in [0.5, 0.6) is 0 Å². The van der Waals surface area contributed by atoms with E-state index in [0.717, 1.165) is 27.4 Å². The Morgan fingerprint density at radius 3 is 2.80 bits per heavy atom. The Morgan fingerprint density at radius 2 is 1.92 bits per heavy atom. The summed E-state index contributed by atoms with van der Waals surface area (Å²) in [5.41, 5.74) is 16.2. The van der Waals surface area contributed by atoms with E-state index in [1.54, 1.807) is 11.3 Å². The molecule has 0 aliphatic rings. The second-order valence-electron chi connectivity index (χ2n) is 6.12. The monoisotopic (exact) mass is 345 g/mol. The molecule has 0 bridgehead atoms. The summed E-state index contributed by atoms with van der Waals surface area (Å²) in [6.45, 7) is 0. The van der Waals surface area contributed by atoms with Gasteiger partial charge in [-0.2, -0.15) is 4.98 Å². The third-order valence-electron chi connectivity index (χ3n) is 4.63. The highest BCUT2D eigenvalue weighted by Gasteiger charge is 2.17. The fourth-order valence-electron chi connectivity index (χ4n) is 3.58. The lowest BCUT2D eigenvalue weighted by Crippen LogP contribution is -2.01. The maximum atomic E-state index is 6.16. The Balaban J connectivity index is 2.01. The molecule has 0 amide bonds. The molecule has 0 aliphatic carbocycles. The van der Waals surface area contributed by atoms with Gasteiger partial charge in [0.2, 0.25) is 5.95 Å². The van der Waals surface area contributed by atoms with Crippen molar-refractivity contribution in [1.29, 1.82) is 0 Å². The molecule has 0 unspecified atom stereocenters. The van der Waals surface area contributed by atoms with Crippen LogP contribution in [0.25, 0.3) is 43.0 Å². The first-order valence-electron chi connectivity index (χ1n) is 7.91. The van der Waals surface area contributed by atoms with E-state index in [2.05, 4.69) is 56.3 Å². The lowest BCUT2D eigenvalue weighted by Gasteiger charge is -2.12. The highest BCUT2D eigenvalue weighted by molar-refractivity contribution is 7.17. The van der Waals surface area contributed by atoms with Gasteiger partial charge in [-0.3, -0.25) is 0 Å². The molecule has 122 valence electrons. The van der Waals surface area contributed by atoms with Crippen molar-refractivity contribution >= 4 is 55.0 Å². The summed E-state index contributed by atoms with van der Waals surface area (Å²) < 4.78 is 3.38. The van der Waals surface area contributed by atoms with E-state index in [0.29, 0.717) is 5.82 Å². The first-order chi connectivity index (χ1) is 12.1. The second-order valence-corrected chi connectivity index (χ2v) is 7.03. The third-order valence-corrected chi connectivity index (χ3v) is 5.59. The fourth-order valence-corrected chi connectivity index (χ4v) is 4.51. The Kier molecular flexibility index (Phi) is 2.81. The number of nitrogens with zero attached hydrogens (tertiary/aromatic N) is 3. The zero-order chi connectivity index (χ0) is 17.1.